The van der Waals surface area contributed by atoms with E-state index in [0.29, 0.717) is 16.7 Å². The molecule has 0 atom stereocenters. The van der Waals surface area contributed by atoms with Crippen molar-refractivity contribution in [2.45, 2.75) is 40.2 Å². The van der Waals surface area contributed by atoms with Crippen molar-refractivity contribution >= 4 is 28.6 Å². The number of nitrogens with zero attached hydrogens (tertiary/aromatic N) is 3. The van der Waals surface area contributed by atoms with E-state index in [1.807, 2.05) is 26.0 Å². The molecule has 0 radical (unpaired) electrons. The van der Waals surface area contributed by atoms with Crippen LogP contribution in [0, 0.1) is 25.2 Å². The molecule has 8 nitrogen and oxygen atoms in total. The molecule has 0 aliphatic carbocycles. The van der Waals surface area contributed by atoms with Crippen LogP contribution < -0.4 is 15.8 Å². The Bertz CT molecular complexity index is 1180. The summed E-state index contributed by atoms with van der Waals surface area (Å²) in [4.78, 5) is 16.8. The summed E-state index contributed by atoms with van der Waals surface area (Å²) < 4.78 is 12.7. The number of nitrogens with two attached hydrogens (primary N) is 1. The second-order valence-corrected chi connectivity index (χ2v) is 7.98. The molecular formula is C22H25N5O3. The van der Waals surface area contributed by atoms with Gasteiger partial charge in [-0.15, -0.1) is 0 Å². The summed E-state index contributed by atoms with van der Waals surface area (Å²) in [6, 6.07) is 7.60. The lowest BCUT2D eigenvalue weighted by Gasteiger charge is -2.22. The van der Waals surface area contributed by atoms with Crippen molar-refractivity contribution in [1.29, 1.82) is 5.26 Å². The molecule has 0 unspecified atom stereocenters. The molecule has 1 amide bonds. The second-order valence-electron chi connectivity index (χ2n) is 7.98. The predicted octanol–water partition coefficient (Wildman–Crippen LogP) is 4.45. The molecule has 2 aromatic heterocycles. The van der Waals surface area contributed by atoms with Crippen LogP contribution in [0.1, 0.15) is 37.5 Å². The van der Waals surface area contributed by atoms with Crippen LogP contribution in [0.25, 0.3) is 16.6 Å². The molecule has 0 spiro atoms. The number of aryl methyl sites for hydroxylation is 1. The van der Waals surface area contributed by atoms with E-state index in [2.05, 4.69) is 16.4 Å². The number of hydrogen-bond donors (Lipinski definition) is 2. The molecule has 1 aromatic carbocycles. The number of nitriles is 1. The summed E-state index contributed by atoms with van der Waals surface area (Å²) in [5.74, 6) is 1.25. The van der Waals surface area contributed by atoms with Gasteiger partial charge in [-0.25, -0.2) is 9.78 Å². The number of benzene rings is 1. The van der Waals surface area contributed by atoms with Gasteiger partial charge in [0.05, 0.1) is 24.5 Å². The summed E-state index contributed by atoms with van der Waals surface area (Å²) in [7, 11) is 1.60. The quantitative estimate of drug-likeness (QED) is 0.663. The van der Waals surface area contributed by atoms with Gasteiger partial charge in [-0.05, 0) is 52.3 Å². The number of carbonyl (C=O) groups is 1. The Kier molecular flexibility index (Phi) is 5.31. The summed E-state index contributed by atoms with van der Waals surface area (Å²) in [6.45, 7) is 9.18. The smallest absolute Gasteiger partial charge is 0.413 e. The lowest BCUT2D eigenvalue weighted by atomic mass is 10.1. The largest absolute Gasteiger partial charge is 0.496 e. The van der Waals surface area contributed by atoms with E-state index in [9.17, 15) is 10.1 Å². The third kappa shape index (κ3) is 3.74. The number of anilines is 2. The number of nitrogens with one attached hydrogen (secondary N) is 1. The highest BCUT2D eigenvalue weighted by Crippen LogP contribution is 2.38. The molecule has 3 aromatic rings. The number of nitrogen functional groups attached to an aromatic ring is 1. The van der Waals surface area contributed by atoms with Gasteiger partial charge in [0.2, 0.25) is 0 Å². The minimum atomic E-state index is -0.693. The molecule has 0 aliphatic rings. The lowest BCUT2D eigenvalue weighted by Crippen LogP contribution is -2.28. The van der Waals surface area contributed by atoms with Gasteiger partial charge in [-0.1, -0.05) is 6.07 Å². The van der Waals surface area contributed by atoms with Gasteiger partial charge < -0.3 is 15.2 Å². The molecular weight excluding hydrogens is 382 g/mol. The first kappa shape index (κ1) is 21.0. The Labute approximate surface area is 175 Å². The van der Waals surface area contributed by atoms with Crippen LogP contribution in [-0.4, -0.2) is 28.4 Å². The van der Waals surface area contributed by atoms with Gasteiger partial charge in [-0.2, -0.15) is 5.26 Å². The first-order chi connectivity index (χ1) is 14.1. The topological polar surface area (TPSA) is 115 Å². The molecule has 0 saturated carbocycles. The molecule has 8 heteroatoms. The SMILES string of the molecule is COc1ccc(C)c(-n2c(NC(=O)OC(C)(C)C)c(C#N)c3cc(N)ncc32)c1C. The second kappa shape index (κ2) is 7.59. The molecule has 2 heterocycles. The zero-order valence-corrected chi connectivity index (χ0v) is 18.0. The zero-order valence-electron chi connectivity index (χ0n) is 18.0. The van der Waals surface area contributed by atoms with E-state index in [0.717, 1.165) is 16.8 Å². The Hall–Kier alpha value is -3.73. The lowest BCUT2D eigenvalue weighted by molar-refractivity contribution is 0.0635. The van der Waals surface area contributed by atoms with Crippen LogP contribution in [-0.2, 0) is 4.74 Å². The van der Waals surface area contributed by atoms with Crippen molar-refractivity contribution in [2.75, 3.05) is 18.2 Å². The maximum Gasteiger partial charge on any atom is 0.413 e. The van der Waals surface area contributed by atoms with Gasteiger partial charge in [-0.3, -0.25) is 9.88 Å². The van der Waals surface area contributed by atoms with Crippen molar-refractivity contribution in [3.05, 3.63) is 41.1 Å². The highest BCUT2D eigenvalue weighted by molar-refractivity contribution is 5.99. The van der Waals surface area contributed by atoms with E-state index >= 15 is 0 Å². The number of rotatable bonds is 3. The van der Waals surface area contributed by atoms with E-state index < -0.39 is 11.7 Å². The molecule has 156 valence electrons. The number of pyridine rings is 1. The average Bonchev–Trinajstić information content (AvgIpc) is 2.92. The number of methoxy groups -OCH3 is 1. The van der Waals surface area contributed by atoms with Crippen molar-refractivity contribution in [3.8, 4) is 17.5 Å². The Morgan fingerprint density at radius 2 is 2.00 bits per heavy atom. The van der Waals surface area contributed by atoms with Crippen molar-refractivity contribution in [2.24, 2.45) is 0 Å². The van der Waals surface area contributed by atoms with Gasteiger partial charge in [0, 0.05) is 10.9 Å². The first-order valence-electron chi connectivity index (χ1n) is 9.42. The summed E-state index contributed by atoms with van der Waals surface area (Å²) in [6.07, 6.45) is 0.923. The zero-order chi connectivity index (χ0) is 22.2. The van der Waals surface area contributed by atoms with E-state index in [-0.39, 0.29) is 17.2 Å². The molecule has 30 heavy (non-hydrogen) atoms. The van der Waals surface area contributed by atoms with Gasteiger partial charge >= 0.3 is 6.09 Å². The fraction of sp³-hybridized carbons (Fsp3) is 0.318. The molecule has 3 N–H and O–H groups in total. The highest BCUT2D eigenvalue weighted by Gasteiger charge is 2.25. The fourth-order valence-electron chi connectivity index (χ4n) is 3.45. The Morgan fingerprint density at radius 1 is 1.30 bits per heavy atom. The van der Waals surface area contributed by atoms with Crippen LogP contribution in [0.2, 0.25) is 0 Å². The molecule has 0 bridgehead atoms. The van der Waals surface area contributed by atoms with E-state index in [1.54, 1.807) is 44.7 Å². The molecule has 0 aliphatic heterocycles. The third-order valence-corrected chi connectivity index (χ3v) is 4.63. The monoisotopic (exact) mass is 407 g/mol. The Balaban J connectivity index is 2.36. The van der Waals surface area contributed by atoms with E-state index in [4.69, 9.17) is 15.2 Å². The maximum atomic E-state index is 12.6. The van der Waals surface area contributed by atoms with Crippen LogP contribution in [0.15, 0.2) is 24.4 Å². The summed E-state index contributed by atoms with van der Waals surface area (Å²) >= 11 is 0. The highest BCUT2D eigenvalue weighted by atomic mass is 16.6. The number of carbonyl (C=O) groups excluding carboxylic acids is 1. The minimum Gasteiger partial charge on any atom is -0.496 e. The van der Waals surface area contributed by atoms with Crippen LogP contribution in [0.4, 0.5) is 16.4 Å². The third-order valence-electron chi connectivity index (χ3n) is 4.63. The standard InChI is InChI=1S/C22H25N5O3/c1-12-7-8-17(29-6)13(2)19(12)27-16-11-25-18(24)9-14(16)15(10-23)20(27)26-21(28)30-22(3,4)5/h7-9,11H,1-6H3,(H2,24,25)(H,26,28). The van der Waals surface area contributed by atoms with Crippen molar-refractivity contribution in [1.82, 2.24) is 9.55 Å². The molecule has 0 fully saturated rings. The number of hydrogen-bond acceptors (Lipinski definition) is 6. The molecule has 0 saturated heterocycles. The number of amides is 1. The van der Waals surface area contributed by atoms with Gasteiger partial charge in [0.25, 0.3) is 0 Å². The number of fused-ring (bicyclic) bond motifs is 1. The molecule has 3 rings (SSSR count). The van der Waals surface area contributed by atoms with Crippen molar-refractivity contribution in [3.63, 3.8) is 0 Å². The summed E-state index contributed by atoms with van der Waals surface area (Å²) in [5.41, 5.74) is 8.64. The van der Waals surface area contributed by atoms with Crippen LogP contribution in [0.3, 0.4) is 0 Å². The predicted molar refractivity (Wildman–Crippen MR) is 116 cm³/mol. The Morgan fingerprint density at radius 3 is 2.60 bits per heavy atom. The normalized spacial score (nSPS) is 11.2. The van der Waals surface area contributed by atoms with E-state index in [1.165, 1.54) is 0 Å². The van der Waals surface area contributed by atoms with Crippen molar-refractivity contribution < 1.29 is 14.3 Å². The van der Waals surface area contributed by atoms with Crippen LogP contribution in [0.5, 0.6) is 5.75 Å². The number of ether oxygens (including phenoxy) is 2. The minimum absolute atomic E-state index is 0.270. The maximum absolute atomic E-state index is 12.6. The average molecular weight is 407 g/mol. The van der Waals surface area contributed by atoms with Crippen LogP contribution >= 0.6 is 0 Å². The first-order valence-corrected chi connectivity index (χ1v) is 9.42. The number of aromatic nitrogens is 2. The fourth-order valence-corrected chi connectivity index (χ4v) is 3.45. The van der Waals surface area contributed by atoms with Gasteiger partial charge in [0.1, 0.15) is 34.6 Å². The van der Waals surface area contributed by atoms with Gasteiger partial charge in [0.15, 0.2) is 0 Å². The summed E-state index contributed by atoms with van der Waals surface area (Å²) in [5, 5.41) is 13.2.